The van der Waals surface area contributed by atoms with Gasteiger partial charge in [-0.1, -0.05) is 54.6 Å². The van der Waals surface area contributed by atoms with Crippen molar-refractivity contribution in [1.29, 1.82) is 0 Å². The standard InChI is InChI=1S/C39H42O14/c1-38(2)45-21-26-28(51-38)30-32(53-39(3,4)52-30)37(47-26)44-20-25-27(48-33(40)22-14-8-5-9-15-22)29(49-34(41)23-16-10-6-11-17-23)31(36(43)46-25)50-35(42)24-18-12-7-13-19-24/h5-19,25-32,36-37,43H,20-21H2,1-4H3/t25-,26-,27-,28-,29+,30+,31-,32+,36?,37?/m1/s1. The van der Waals surface area contributed by atoms with Gasteiger partial charge < -0.3 is 52.5 Å². The maximum Gasteiger partial charge on any atom is 0.338 e. The number of carbonyl (C=O) groups excluding carboxylic acids is 3. The smallest absolute Gasteiger partial charge is 0.338 e. The molecule has 14 nitrogen and oxygen atoms in total. The third-order valence-electron chi connectivity index (χ3n) is 9.24. The molecule has 3 aromatic rings. The molecule has 0 radical (unpaired) electrons. The number of esters is 3. The lowest BCUT2D eigenvalue weighted by atomic mass is 9.96. The van der Waals surface area contributed by atoms with Crippen molar-refractivity contribution in [2.75, 3.05) is 13.2 Å². The molecule has 4 aliphatic heterocycles. The van der Waals surface area contributed by atoms with Gasteiger partial charge in [0.25, 0.3) is 0 Å². The number of benzene rings is 3. The fraction of sp³-hybridized carbons (Fsp3) is 0.462. The van der Waals surface area contributed by atoms with E-state index in [4.69, 9.17) is 47.4 Å². The van der Waals surface area contributed by atoms with Crippen molar-refractivity contribution in [3.8, 4) is 0 Å². The second kappa shape index (κ2) is 15.2. The van der Waals surface area contributed by atoms with Crippen LogP contribution in [-0.4, -0.2) is 109 Å². The van der Waals surface area contributed by atoms with Gasteiger partial charge in [-0.2, -0.15) is 0 Å². The highest BCUT2D eigenvalue weighted by Crippen LogP contribution is 2.42. The Hall–Kier alpha value is -4.25. The molecule has 0 spiro atoms. The number of ether oxygens (including phenoxy) is 10. The summed E-state index contributed by atoms with van der Waals surface area (Å²) in [5, 5.41) is 11.4. The van der Waals surface area contributed by atoms with E-state index in [1.54, 1.807) is 94.4 Å². The first-order valence-electron chi connectivity index (χ1n) is 17.4. The molecule has 2 unspecified atom stereocenters. The van der Waals surface area contributed by atoms with Crippen molar-refractivity contribution in [1.82, 2.24) is 0 Å². The Morgan fingerprint density at radius 1 is 0.623 bits per heavy atom. The molecule has 0 bridgehead atoms. The van der Waals surface area contributed by atoms with Gasteiger partial charge in [-0.05, 0) is 64.1 Å². The minimum absolute atomic E-state index is 0.166. The lowest BCUT2D eigenvalue weighted by Gasteiger charge is -2.48. The molecule has 4 aliphatic rings. The van der Waals surface area contributed by atoms with Gasteiger partial charge in [0, 0.05) is 0 Å². The van der Waals surface area contributed by atoms with E-state index < -0.39 is 90.9 Å². The molecule has 1 N–H and O–H groups in total. The molecule has 14 heteroatoms. The van der Waals surface area contributed by atoms with Crippen molar-refractivity contribution in [3.05, 3.63) is 108 Å². The van der Waals surface area contributed by atoms with Crippen molar-refractivity contribution >= 4 is 17.9 Å². The lowest BCUT2D eigenvalue weighted by Crippen LogP contribution is -2.65. The Labute approximate surface area is 306 Å². The van der Waals surface area contributed by atoms with Crippen LogP contribution in [0, 0.1) is 0 Å². The van der Waals surface area contributed by atoms with Crippen LogP contribution in [0.2, 0.25) is 0 Å². The maximum atomic E-state index is 13.6. The molecule has 0 amide bonds. The SMILES string of the molecule is CC1(C)OC[C@H]2OC(OC[C@H]3OC(O)[C@H](OC(=O)c4ccccc4)[C@@H](OC(=O)c4ccccc4)[C@@H]3OC(=O)c3ccccc3)[C@H]3OC(C)(C)O[C@H]3[C@@H]2O1. The summed E-state index contributed by atoms with van der Waals surface area (Å²) >= 11 is 0. The Morgan fingerprint density at radius 2 is 1.09 bits per heavy atom. The third-order valence-corrected chi connectivity index (χ3v) is 9.24. The van der Waals surface area contributed by atoms with Crippen LogP contribution in [0.5, 0.6) is 0 Å². The summed E-state index contributed by atoms with van der Waals surface area (Å²) in [5.74, 6) is -4.33. The van der Waals surface area contributed by atoms with Crippen LogP contribution in [0.15, 0.2) is 91.0 Å². The van der Waals surface area contributed by atoms with Crippen molar-refractivity contribution < 1.29 is 66.9 Å². The van der Waals surface area contributed by atoms with Crippen LogP contribution in [0.4, 0.5) is 0 Å². The number of rotatable bonds is 9. The Bertz CT molecular complexity index is 1730. The first kappa shape index (κ1) is 37.1. The molecule has 4 saturated heterocycles. The molecule has 0 aliphatic carbocycles. The van der Waals surface area contributed by atoms with Gasteiger partial charge in [0.1, 0.15) is 30.5 Å². The summed E-state index contributed by atoms with van der Waals surface area (Å²) in [6, 6.07) is 24.3. The summed E-state index contributed by atoms with van der Waals surface area (Å²) in [4.78, 5) is 40.5. The van der Waals surface area contributed by atoms with E-state index in [1.165, 1.54) is 24.3 Å². The van der Waals surface area contributed by atoms with Crippen LogP contribution in [0.25, 0.3) is 0 Å². The zero-order chi connectivity index (χ0) is 37.3. The number of hydrogen-bond acceptors (Lipinski definition) is 14. The summed E-state index contributed by atoms with van der Waals surface area (Å²) in [6.07, 6.45) is -11.3. The van der Waals surface area contributed by atoms with E-state index in [-0.39, 0.29) is 29.9 Å². The van der Waals surface area contributed by atoms with Crippen molar-refractivity contribution in [2.45, 2.75) is 101 Å². The van der Waals surface area contributed by atoms with E-state index in [0.717, 1.165) is 0 Å². The molecular weight excluding hydrogens is 692 g/mol. The normalized spacial score (nSPS) is 32.8. The molecule has 53 heavy (non-hydrogen) atoms. The van der Waals surface area contributed by atoms with E-state index >= 15 is 0 Å². The van der Waals surface area contributed by atoms with E-state index in [2.05, 4.69) is 0 Å². The highest BCUT2D eigenvalue weighted by atomic mass is 16.8. The summed E-state index contributed by atoms with van der Waals surface area (Å²) < 4.78 is 60.8. The van der Waals surface area contributed by atoms with Gasteiger partial charge >= 0.3 is 17.9 Å². The van der Waals surface area contributed by atoms with Crippen LogP contribution in [0.1, 0.15) is 58.8 Å². The average Bonchev–Trinajstić information content (AvgIpc) is 3.49. The highest BCUT2D eigenvalue weighted by molar-refractivity contribution is 5.91. The zero-order valence-corrected chi connectivity index (χ0v) is 29.6. The number of carbonyl (C=O) groups is 3. The number of aliphatic hydroxyl groups is 1. The lowest BCUT2D eigenvalue weighted by molar-refractivity contribution is -0.374. The summed E-state index contributed by atoms with van der Waals surface area (Å²) in [6.45, 7) is 6.96. The first-order chi connectivity index (χ1) is 25.4. The maximum absolute atomic E-state index is 13.6. The van der Waals surface area contributed by atoms with Gasteiger partial charge in [-0.3, -0.25) is 0 Å². The fourth-order valence-corrected chi connectivity index (χ4v) is 6.79. The van der Waals surface area contributed by atoms with Gasteiger partial charge in [0.15, 0.2) is 42.5 Å². The molecule has 7 rings (SSSR count). The Morgan fingerprint density at radius 3 is 1.64 bits per heavy atom. The summed E-state index contributed by atoms with van der Waals surface area (Å²) in [5.41, 5.74) is 0.520. The molecule has 10 atom stereocenters. The number of aliphatic hydroxyl groups excluding tert-OH is 1. The quantitative estimate of drug-likeness (QED) is 0.250. The average molecular weight is 735 g/mol. The van der Waals surface area contributed by atoms with Gasteiger partial charge in [0.05, 0.1) is 29.9 Å². The topological polar surface area (TPSA) is 164 Å². The molecule has 282 valence electrons. The third kappa shape index (κ3) is 8.30. The second-order valence-electron chi connectivity index (χ2n) is 14.0. The second-order valence-corrected chi connectivity index (χ2v) is 14.0. The van der Waals surface area contributed by atoms with E-state index in [0.29, 0.717) is 0 Å². The molecule has 0 saturated carbocycles. The van der Waals surface area contributed by atoms with Crippen LogP contribution in [-0.2, 0) is 47.4 Å². The molecule has 0 aromatic heterocycles. The molecule has 3 aromatic carbocycles. The minimum atomic E-state index is -1.85. The van der Waals surface area contributed by atoms with E-state index in [1.807, 2.05) is 0 Å². The fourth-order valence-electron chi connectivity index (χ4n) is 6.79. The monoisotopic (exact) mass is 734 g/mol. The first-order valence-corrected chi connectivity index (χ1v) is 17.4. The van der Waals surface area contributed by atoms with Gasteiger partial charge in [0.2, 0.25) is 0 Å². The zero-order valence-electron chi connectivity index (χ0n) is 29.6. The summed E-state index contributed by atoms with van der Waals surface area (Å²) in [7, 11) is 0. The number of hydrogen-bond donors (Lipinski definition) is 1. The predicted molar refractivity (Wildman–Crippen MR) is 181 cm³/mol. The Kier molecular flexibility index (Phi) is 10.7. The van der Waals surface area contributed by atoms with Gasteiger partial charge in [-0.15, -0.1) is 0 Å². The molecule has 4 heterocycles. The predicted octanol–water partition coefficient (Wildman–Crippen LogP) is 3.79. The van der Waals surface area contributed by atoms with Crippen molar-refractivity contribution in [2.24, 2.45) is 0 Å². The molecular formula is C39H42O14. The van der Waals surface area contributed by atoms with Gasteiger partial charge in [-0.25, -0.2) is 14.4 Å². The largest absolute Gasteiger partial charge is 0.452 e. The van der Waals surface area contributed by atoms with E-state index in [9.17, 15) is 19.5 Å². The molecule has 4 fully saturated rings. The van der Waals surface area contributed by atoms with Crippen molar-refractivity contribution in [3.63, 3.8) is 0 Å². The number of fused-ring (bicyclic) bond motifs is 3. The van der Waals surface area contributed by atoms with Crippen LogP contribution >= 0.6 is 0 Å². The Balaban J connectivity index is 1.19. The highest BCUT2D eigenvalue weighted by Gasteiger charge is 2.60. The van der Waals surface area contributed by atoms with Crippen LogP contribution in [0.3, 0.4) is 0 Å². The minimum Gasteiger partial charge on any atom is -0.452 e. The van der Waals surface area contributed by atoms with Crippen LogP contribution < -0.4 is 0 Å².